The second kappa shape index (κ2) is 5.12. The summed E-state index contributed by atoms with van der Waals surface area (Å²) in [5.41, 5.74) is 1.11. The van der Waals surface area contributed by atoms with E-state index >= 15 is 0 Å². The van der Waals surface area contributed by atoms with Gasteiger partial charge >= 0.3 is 0 Å². The summed E-state index contributed by atoms with van der Waals surface area (Å²) in [4.78, 5) is 4.10. The molecule has 1 aromatic heterocycles. The zero-order chi connectivity index (χ0) is 10.5. The number of aromatic nitrogens is 1. The Bertz CT molecular complexity index is 283. The quantitative estimate of drug-likeness (QED) is 0.820. The van der Waals surface area contributed by atoms with Gasteiger partial charge in [0.05, 0.1) is 12.3 Å². The monoisotopic (exact) mass is 206 g/mol. The lowest BCUT2D eigenvalue weighted by Crippen LogP contribution is -2.28. The third-order valence-electron chi connectivity index (χ3n) is 2.99. The summed E-state index contributed by atoms with van der Waals surface area (Å²) in [6, 6.07) is 4.53. The van der Waals surface area contributed by atoms with Crippen LogP contribution in [0.25, 0.3) is 0 Å². The summed E-state index contributed by atoms with van der Waals surface area (Å²) < 4.78 is 5.42. The highest BCUT2D eigenvalue weighted by Crippen LogP contribution is 2.22. The van der Waals surface area contributed by atoms with Gasteiger partial charge in [-0.3, -0.25) is 4.98 Å². The van der Waals surface area contributed by atoms with Gasteiger partial charge in [0.2, 0.25) is 0 Å². The molecule has 0 spiro atoms. The predicted octanol–water partition coefficient (Wildman–Crippen LogP) is 2.31. The average molecular weight is 206 g/mol. The summed E-state index contributed by atoms with van der Waals surface area (Å²) in [7, 11) is 0. The molecule has 3 heteroatoms. The molecule has 2 rings (SSSR count). The third kappa shape index (κ3) is 2.69. The normalized spacial score (nSPS) is 22.6. The van der Waals surface area contributed by atoms with Gasteiger partial charge in [0.1, 0.15) is 0 Å². The van der Waals surface area contributed by atoms with Gasteiger partial charge in [0.15, 0.2) is 0 Å². The first-order valence-corrected chi connectivity index (χ1v) is 5.64. The highest BCUT2D eigenvalue weighted by Gasteiger charge is 2.24. The number of rotatable bonds is 4. The van der Waals surface area contributed by atoms with Crippen LogP contribution in [-0.4, -0.2) is 24.2 Å². The van der Waals surface area contributed by atoms with E-state index in [4.69, 9.17) is 4.74 Å². The number of nitrogens with zero attached hydrogens (tertiary/aromatic N) is 1. The van der Waals surface area contributed by atoms with Crippen molar-refractivity contribution in [1.82, 2.24) is 4.98 Å². The van der Waals surface area contributed by atoms with Gasteiger partial charge in [0.25, 0.3) is 0 Å². The lowest BCUT2D eigenvalue weighted by atomic mass is 9.97. The second-order valence-electron chi connectivity index (χ2n) is 4.02. The Morgan fingerprint density at radius 3 is 3.20 bits per heavy atom. The lowest BCUT2D eigenvalue weighted by Gasteiger charge is -2.23. The number of ether oxygens (including phenoxy) is 1. The van der Waals surface area contributed by atoms with E-state index in [2.05, 4.69) is 23.3 Å². The van der Waals surface area contributed by atoms with Gasteiger partial charge in [-0.05, 0) is 25.0 Å². The van der Waals surface area contributed by atoms with Crippen molar-refractivity contribution in [2.45, 2.75) is 25.8 Å². The minimum Gasteiger partial charge on any atom is -0.381 e. The molecule has 15 heavy (non-hydrogen) atoms. The smallest absolute Gasteiger partial charge is 0.0528 e. The van der Waals surface area contributed by atoms with Crippen LogP contribution in [0.4, 0.5) is 5.69 Å². The molecule has 0 amide bonds. The van der Waals surface area contributed by atoms with Crippen LogP contribution in [0.1, 0.15) is 19.8 Å². The van der Waals surface area contributed by atoms with Crippen LogP contribution < -0.4 is 5.32 Å². The van der Waals surface area contributed by atoms with Gasteiger partial charge in [-0.1, -0.05) is 6.92 Å². The van der Waals surface area contributed by atoms with E-state index in [1.165, 1.54) is 6.42 Å². The van der Waals surface area contributed by atoms with E-state index in [1.54, 1.807) is 6.20 Å². The van der Waals surface area contributed by atoms with Crippen LogP contribution in [0.2, 0.25) is 0 Å². The van der Waals surface area contributed by atoms with Crippen molar-refractivity contribution in [2.75, 3.05) is 18.5 Å². The molecule has 2 heterocycles. The van der Waals surface area contributed by atoms with Crippen molar-refractivity contribution in [3.05, 3.63) is 24.5 Å². The topological polar surface area (TPSA) is 34.2 Å². The highest BCUT2D eigenvalue weighted by atomic mass is 16.5. The van der Waals surface area contributed by atoms with Gasteiger partial charge in [-0.15, -0.1) is 0 Å². The third-order valence-corrected chi connectivity index (χ3v) is 2.99. The maximum atomic E-state index is 5.42. The number of nitrogens with one attached hydrogen (secondary N) is 1. The van der Waals surface area contributed by atoms with Crippen LogP contribution in [0.15, 0.2) is 24.5 Å². The molecule has 1 aliphatic heterocycles. The van der Waals surface area contributed by atoms with E-state index in [0.717, 1.165) is 25.3 Å². The summed E-state index contributed by atoms with van der Waals surface area (Å²) >= 11 is 0. The Morgan fingerprint density at radius 1 is 1.67 bits per heavy atom. The fraction of sp³-hybridized carbons (Fsp3) is 0.583. The fourth-order valence-electron chi connectivity index (χ4n) is 2.09. The van der Waals surface area contributed by atoms with Gasteiger partial charge < -0.3 is 10.1 Å². The van der Waals surface area contributed by atoms with Crippen molar-refractivity contribution in [2.24, 2.45) is 5.92 Å². The second-order valence-corrected chi connectivity index (χ2v) is 4.02. The standard InChI is InChI=1S/C12H18N2O/c1-2-12(10-5-7-15-9-10)14-11-4-3-6-13-8-11/h3-4,6,8,10,12,14H,2,5,7,9H2,1H3. The van der Waals surface area contributed by atoms with Crippen molar-refractivity contribution < 1.29 is 4.74 Å². The predicted molar refractivity (Wildman–Crippen MR) is 60.9 cm³/mol. The van der Waals surface area contributed by atoms with Crippen LogP contribution in [-0.2, 0) is 4.74 Å². The maximum Gasteiger partial charge on any atom is 0.0528 e. The summed E-state index contributed by atoms with van der Waals surface area (Å²) in [6.45, 7) is 4.02. The molecule has 82 valence electrons. The molecule has 1 aromatic rings. The van der Waals surface area contributed by atoms with Crippen LogP contribution in [0.3, 0.4) is 0 Å². The first-order chi connectivity index (χ1) is 7.40. The maximum absolute atomic E-state index is 5.42. The van der Waals surface area contributed by atoms with Crippen LogP contribution in [0.5, 0.6) is 0 Å². The van der Waals surface area contributed by atoms with E-state index in [-0.39, 0.29) is 0 Å². The van der Waals surface area contributed by atoms with E-state index < -0.39 is 0 Å². The van der Waals surface area contributed by atoms with E-state index in [1.807, 2.05) is 12.3 Å². The molecule has 2 atom stereocenters. The molecule has 0 aliphatic carbocycles. The Balaban J connectivity index is 1.96. The molecular formula is C12H18N2O. The Morgan fingerprint density at radius 2 is 2.60 bits per heavy atom. The van der Waals surface area contributed by atoms with E-state index in [0.29, 0.717) is 12.0 Å². The van der Waals surface area contributed by atoms with Crippen molar-refractivity contribution in [1.29, 1.82) is 0 Å². The van der Waals surface area contributed by atoms with Crippen molar-refractivity contribution >= 4 is 5.69 Å². The highest BCUT2D eigenvalue weighted by molar-refractivity contribution is 5.40. The Hall–Kier alpha value is -1.09. The molecule has 2 unspecified atom stereocenters. The molecule has 1 aliphatic rings. The Labute approximate surface area is 90.9 Å². The van der Waals surface area contributed by atoms with Gasteiger partial charge in [-0.2, -0.15) is 0 Å². The number of hydrogen-bond acceptors (Lipinski definition) is 3. The lowest BCUT2D eigenvalue weighted by molar-refractivity contribution is 0.182. The molecular weight excluding hydrogens is 188 g/mol. The summed E-state index contributed by atoms with van der Waals surface area (Å²) in [5.74, 6) is 0.648. The zero-order valence-corrected chi connectivity index (χ0v) is 9.15. The zero-order valence-electron chi connectivity index (χ0n) is 9.15. The largest absolute Gasteiger partial charge is 0.381 e. The number of anilines is 1. The summed E-state index contributed by atoms with van der Waals surface area (Å²) in [5, 5.41) is 3.53. The summed E-state index contributed by atoms with van der Waals surface area (Å²) in [6.07, 6.45) is 5.97. The molecule has 0 saturated carbocycles. The van der Waals surface area contributed by atoms with Crippen molar-refractivity contribution in [3.63, 3.8) is 0 Å². The van der Waals surface area contributed by atoms with E-state index in [9.17, 15) is 0 Å². The molecule has 3 nitrogen and oxygen atoms in total. The molecule has 1 fully saturated rings. The van der Waals surface area contributed by atoms with Crippen LogP contribution >= 0.6 is 0 Å². The fourth-order valence-corrected chi connectivity index (χ4v) is 2.09. The Kier molecular flexibility index (Phi) is 3.56. The van der Waals surface area contributed by atoms with Gasteiger partial charge in [-0.25, -0.2) is 0 Å². The molecule has 0 aromatic carbocycles. The molecule has 1 saturated heterocycles. The first-order valence-electron chi connectivity index (χ1n) is 5.64. The minimum atomic E-state index is 0.511. The van der Waals surface area contributed by atoms with Gasteiger partial charge in [0, 0.05) is 31.0 Å². The average Bonchev–Trinajstić information content (AvgIpc) is 2.81. The SMILES string of the molecule is CCC(Nc1cccnc1)C1CCOC1. The first kappa shape index (κ1) is 10.4. The van der Waals surface area contributed by atoms with Crippen LogP contribution in [0, 0.1) is 5.92 Å². The number of hydrogen-bond donors (Lipinski definition) is 1. The number of pyridine rings is 1. The molecule has 0 bridgehead atoms. The molecule has 0 radical (unpaired) electrons. The van der Waals surface area contributed by atoms with Crippen molar-refractivity contribution in [3.8, 4) is 0 Å². The molecule has 1 N–H and O–H groups in total. The minimum absolute atomic E-state index is 0.511.